The molecule has 1 saturated heterocycles. The van der Waals surface area contributed by atoms with Gasteiger partial charge in [-0.05, 0) is 42.9 Å². The third-order valence-electron chi connectivity index (χ3n) is 6.02. The third-order valence-corrected chi connectivity index (χ3v) is 6.02. The largest absolute Gasteiger partial charge is 0.468 e. The molecule has 1 fully saturated rings. The molecule has 1 aromatic heterocycles. The maximum atomic E-state index is 13.5. The lowest BCUT2D eigenvalue weighted by Gasteiger charge is -2.35. The zero-order valence-corrected chi connectivity index (χ0v) is 22.1. The van der Waals surface area contributed by atoms with Gasteiger partial charge in [0.1, 0.15) is 11.6 Å². The van der Waals surface area contributed by atoms with Crippen molar-refractivity contribution in [2.45, 2.75) is 25.9 Å². The van der Waals surface area contributed by atoms with Gasteiger partial charge in [0.15, 0.2) is 5.96 Å². The van der Waals surface area contributed by atoms with Gasteiger partial charge in [0.05, 0.1) is 31.6 Å². The van der Waals surface area contributed by atoms with Crippen LogP contribution in [-0.2, 0) is 4.74 Å². The smallest absolute Gasteiger partial charge is 0.191 e. The summed E-state index contributed by atoms with van der Waals surface area (Å²) in [6.45, 7) is 10.6. The van der Waals surface area contributed by atoms with Crippen LogP contribution in [0.2, 0.25) is 0 Å². The van der Waals surface area contributed by atoms with Crippen LogP contribution in [-0.4, -0.2) is 75.3 Å². The highest BCUT2D eigenvalue weighted by Crippen LogP contribution is 2.22. The van der Waals surface area contributed by atoms with Gasteiger partial charge in [-0.15, -0.1) is 24.0 Å². The van der Waals surface area contributed by atoms with E-state index in [0.29, 0.717) is 26.3 Å². The van der Waals surface area contributed by atoms with Crippen LogP contribution in [0.4, 0.5) is 4.39 Å². The van der Waals surface area contributed by atoms with Crippen LogP contribution >= 0.6 is 24.0 Å². The number of guanidine groups is 1. The summed E-state index contributed by atoms with van der Waals surface area (Å²) >= 11 is 0. The number of aliphatic imine (C=N–C) groups is 1. The van der Waals surface area contributed by atoms with Gasteiger partial charge >= 0.3 is 0 Å². The fourth-order valence-electron chi connectivity index (χ4n) is 4.19. The van der Waals surface area contributed by atoms with Crippen molar-refractivity contribution in [2.24, 2.45) is 4.99 Å². The molecule has 0 aliphatic carbocycles. The van der Waals surface area contributed by atoms with Crippen LogP contribution in [0.1, 0.15) is 37.3 Å². The van der Waals surface area contributed by atoms with Crippen molar-refractivity contribution in [3.63, 3.8) is 0 Å². The van der Waals surface area contributed by atoms with E-state index in [1.165, 1.54) is 12.1 Å². The van der Waals surface area contributed by atoms with Crippen LogP contribution in [0.25, 0.3) is 0 Å². The molecular weight excluding hydrogens is 536 g/mol. The molecule has 1 aliphatic heterocycles. The lowest BCUT2D eigenvalue weighted by atomic mass is 10.0. The second-order valence-electron chi connectivity index (χ2n) is 7.80. The number of furan rings is 1. The maximum absolute atomic E-state index is 13.5. The Morgan fingerprint density at radius 2 is 1.76 bits per heavy atom. The number of rotatable bonds is 10. The van der Waals surface area contributed by atoms with Crippen molar-refractivity contribution in [3.05, 3.63) is 59.8 Å². The summed E-state index contributed by atoms with van der Waals surface area (Å²) in [7, 11) is 1.77. The second kappa shape index (κ2) is 14.5. The summed E-state index contributed by atoms with van der Waals surface area (Å²) < 4.78 is 24.7. The Bertz CT molecular complexity index is 809. The van der Waals surface area contributed by atoms with E-state index in [0.717, 1.165) is 43.5 Å². The molecule has 1 aromatic carbocycles. The summed E-state index contributed by atoms with van der Waals surface area (Å²) in [6.07, 6.45) is 1.72. The van der Waals surface area contributed by atoms with Crippen LogP contribution in [0, 0.1) is 5.82 Å². The SMILES string of the molecule is CCN(CC)C(CNC(=NC)NCC(c1ccc(F)cc1)N1CCOCC1)c1ccco1.I. The molecule has 0 radical (unpaired) electrons. The fourth-order valence-corrected chi connectivity index (χ4v) is 4.19. The lowest BCUT2D eigenvalue weighted by Crippen LogP contribution is -2.47. The molecule has 2 atom stereocenters. The number of likely N-dealkylation sites (N-methyl/N-ethyl adjacent to an activating group) is 1. The first kappa shape index (κ1) is 27.6. The van der Waals surface area contributed by atoms with Gasteiger partial charge in [-0.25, -0.2) is 4.39 Å². The number of nitrogens with one attached hydrogen (secondary N) is 2. The number of hydrogen-bond donors (Lipinski definition) is 2. The quantitative estimate of drug-likeness (QED) is 0.257. The molecule has 0 spiro atoms. The second-order valence-corrected chi connectivity index (χ2v) is 7.80. The van der Waals surface area contributed by atoms with Crippen molar-refractivity contribution in [1.29, 1.82) is 0 Å². The lowest BCUT2D eigenvalue weighted by molar-refractivity contribution is 0.0170. The third kappa shape index (κ3) is 7.94. The molecule has 184 valence electrons. The molecule has 9 heteroatoms. The molecule has 2 unspecified atom stereocenters. The van der Waals surface area contributed by atoms with E-state index in [-0.39, 0.29) is 41.9 Å². The van der Waals surface area contributed by atoms with Gasteiger partial charge in [0.2, 0.25) is 0 Å². The highest BCUT2D eigenvalue weighted by atomic mass is 127. The van der Waals surface area contributed by atoms with Crippen molar-refractivity contribution < 1.29 is 13.5 Å². The van der Waals surface area contributed by atoms with Gasteiger partial charge in [0, 0.05) is 33.2 Å². The summed E-state index contributed by atoms with van der Waals surface area (Å²) in [5.74, 6) is 1.45. The van der Waals surface area contributed by atoms with Gasteiger partial charge in [-0.3, -0.25) is 14.8 Å². The predicted octanol–water partition coefficient (Wildman–Crippen LogP) is 3.66. The van der Waals surface area contributed by atoms with Crippen LogP contribution in [0.5, 0.6) is 0 Å². The Hall–Kier alpha value is -1.69. The van der Waals surface area contributed by atoms with Gasteiger partial charge in [-0.1, -0.05) is 26.0 Å². The Kier molecular flexibility index (Phi) is 12.1. The Balaban J connectivity index is 0.00000385. The highest BCUT2D eigenvalue weighted by Gasteiger charge is 2.24. The molecule has 2 N–H and O–H groups in total. The van der Waals surface area contributed by atoms with Gasteiger partial charge < -0.3 is 19.8 Å². The number of morpholine rings is 1. The zero-order chi connectivity index (χ0) is 22.8. The topological polar surface area (TPSA) is 65.3 Å². The normalized spacial score (nSPS) is 16.8. The number of halogens is 2. The summed E-state index contributed by atoms with van der Waals surface area (Å²) in [4.78, 5) is 9.15. The first-order valence-corrected chi connectivity index (χ1v) is 11.5. The molecule has 33 heavy (non-hydrogen) atoms. The van der Waals surface area contributed by atoms with Crippen LogP contribution in [0.15, 0.2) is 52.1 Å². The Labute approximate surface area is 213 Å². The molecule has 0 saturated carbocycles. The van der Waals surface area contributed by atoms with Crippen LogP contribution < -0.4 is 10.6 Å². The van der Waals surface area contributed by atoms with Crippen molar-refractivity contribution >= 4 is 29.9 Å². The molecule has 3 rings (SSSR count). The van der Waals surface area contributed by atoms with E-state index in [1.807, 2.05) is 24.3 Å². The monoisotopic (exact) mass is 573 g/mol. The van der Waals surface area contributed by atoms with E-state index in [1.54, 1.807) is 13.3 Å². The minimum atomic E-state index is -0.222. The average molecular weight is 573 g/mol. The highest BCUT2D eigenvalue weighted by molar-refractivity contribution is 14.0. The van der Waals surface area contributed by atoms with Crippen molar-refractivity contribution in [1.82, 2.24) is 20.4 Å². The first-order valence-electron chi connectivity index (χ1n) is 11.5. The number of ether oxygens (including phenoxy) is 1. The number of nitrogens with zero attached hydrogens (tertiary/aromatic N) is 3. The Morgan fingerprint density at radius 1 is 1.09 bits per heavy atom. The minimum absolute atomic E-state index is 0. The van der Waals surface area contributed by atoms with E-state index < -0.39 is 0 Å². The first-order chi connectivity index (χ1) is 15.7. The van der Waals surface area contributed by atoms with E-state index in [4.69, 9.17) is 9.15 Å². The van der Waals surface area contributed by atoms with Gasteiger partial charge in [0.25, 0.3) is 0 Å². The van der Waals surface area contributed by atoms with Gasteiger partial charge in [-0.2, -0.15) is 0 Å². The molecule has 1 aliphatic rings. The molecule has 0 amide bonds. The number of benzene rings is 1. The predicted molar refractivity (Wildman–Crippen MR) is 141 cm³/mol. The van der Waals surface area contributed by atoms with Crippen molar-refractivity contribution in [2.75, 3.05) is 59.5 Å². The summed E-state index contributed by atoms with van der Waals surface area (Å²) in [5.41, 5.74) is 1.08. The minimum Gasteiger partial charge on any atom is -0.468 e. The molecule has 7 nitrogen and oxygen atoms in total. The van der Waals surface area contributed by atoms with E-state index in [2.05, 4.69) is 39.3 Å². The van der Waals surface area contributed by atoms with E-state index >= 15 is 0 Å². The molecular formula is C24H37FIN5O2. The summed E-state index contributed by atoms with van der Waals surface area (Å²) in [6, 6.07) is 10.9. The fraction of sp³-hybridized carbons (Fsp3) is 0.542. The van der Waals surface area contributed by atoms with Crippen molar-refractivity contribution in [3.8, 4) is 0 Å². The van der Waals surface area contributed by atoms with Crippen LogP contribution in [0.3, 0.4) is 0 Å². The Morgan fingerprint density at radius 3 is 2.33 bits per heavy atom. The zero-order valence-electron chi connectivity index (χ0n) is 19.8. The summed E-state index contributed by atoms with van der Waals surface area (Å²) in [5, 5.41) is 6.93. The number of hydrogen-bond acceptors (Lipinski definition) is 5. The molecule has 2 aromatic rings. The van der Waals surface area contributed by atoms with E-state index in [9.17, 15) is 4.39 Å². The maximum Gasteiger partial charge on any atom is 0.191 e. The standard InChI is InChI=1S/C24H36FN5O2.HI/c1-4-29(5-2)22(23-7-6-14-32-23)18-28-24(26-3)27-17-21(30-12-15-31-16-13-30)19-8-10-20(25)11-9-19;/h6-11,14,21-22H,4-5,12-13,15-18H2,1-3H3,(H2,26,27,28);1H. The molecule has 0 bridgehead atoms. The average Bonchev–Trinajstić information content (AvgIpc) is 3.37. The molecule has 2 heterocycles.